The van der Waals surface area contributed by atoms with Gasteiger partial charge in [-0.3, -0.25) is 9.69 Å². The predicted molar refractivity (Wildman–Crippen MR) is 121 cm³/mol. The van der Waals surface area contributed by atoms with Gasteiger partial charge < -0.3 is 15.4 Å². The number of hydrogen-bond donors (Lipinski definition) is 2. The molecule has 0 radical (unpaired) electrons. The maximum atomic E-state index is 12.2. The molecular formula is C23H38ClN3O2. The maximum absolute atomic E-state index is 12.2. The van der Waals surface area contributed by atoms with Crippen LogP contribution in [0.15, 0.2) is 24.3 Å². The summed E-state index contributed by atoms with van der Waals surface area (Å²) in [5.41, 5.74) is 1.44. The van der Waals surface area contributed by atoms with Crippen LogP contribution < -0.4 is 15.4 Å². The number of rotatable bonds is 7. The van der Waals surface area contributed by atoms with Crippen LogP contribution in [0.3, 0.4) is 0 Å². The van der Waals surface area contributed by atoms with Crippen LogP contribution in [0.25, 0.3) is 0 Å². The second-order valence-electron chi connectivity index (χ2n) is 9.33. The first-order valence-electron chi connectivity index (χ1n) is 10.9. The van der Waals surface area contributed by atoms with E-state index < -0.39 is 0 Å². The van der Waals surface area contributed by atoms with Crippen molar-refractivity contribution in [2.75, 3.05) is 39.3 Å². The molecule has 2 N–H and O–H groups in total. The molecule has 2 saturated heterocycles. The lowest BCUT2D eigenvalue weighted by Gasteiger charge is -2.33. The van der Waals surface area contributed by atoms with Gasteiger partial charge in [0.15, 0.2) is 0 Å². The number of amides is 1. The first-order chi connectivity index (χ1) is 13.4. The fourth-order valence-electron chi connectivity index (χ4n) is 4.14. The molecule has 6 heteroatoms. The van der Waals surface area contributed by atoms with Crippen LogP contribution in [0, 0.1) is 5.92 Å². The number of carbonyl (C=O) groups is 1. The Morgan fingerprint density at radius 1 is 1.28 bits per heavy atom. The molecule has 0 bridgehead atoms. The van der Waals surface area contributed by atoms with Crippen LogP contribution in [0.1, 0.15) is 52.0 Å². The van der Waals surface area contributed by atoms with E-state index in [2.05, 4.69) is 54.5 Å². The summed E-state index contributed by atoms with van der Waals surface area (Å²) >= 11 is 0. The summed E-state index contributed by atoms with van der Waals surface area (Å²) in [5, 5.41) is 6.43. The minimum absolute atomic E-state index is 0. The summed E-state index contributed by atoms with van der Waals surface area (Å²) in [4.78, 5) is 14.7. The van der Waals surface area contributed by atoms with Gasteiger partial charge in [0, 0.05) is 19.6 Å². The van der Waals surface area contributed by atoms with Gasteiger partial charge in [0.2, 0.25) is 5.91 Å². The Morgan fingerprint density at radius 2 is 2.10 bits per heavy atom. The van der Waals surface area contributed by atoms with E-state index in [9.17, 15) is 4.79 Å². The van der Waals surface area contributed by atoms with Crippen molar-refractivity contribution in [2.45, 2.75) is 57.9 Å². The third-order valence-electron chi connectivity index (χ3n) is 5.92. The van der Waals surface area contributed by atoms with Crippen molar-refractivity contribution < 1.29 is 9.53 Å². The summed E-state index contributed by atoms with van der Waals surface area (Å²) in [6, 6.07) is 8.47. The monoisotopic (exact) mass is 423 g/mol. The fourth-order valence-corrected chi connectivity index (χ4v) is 4.14. The van der Waals surface area contributed by atoms with Crippen LogP contribution in [-0.2, 0) is 10.2 Å². The Kier molecular flexibility index (Phi) is 9.25. The van der Waals surface area contributed by atoms with Crippen LogP contribution >= 0.6 is 12.4 Å². The smallest absolute Gasteiger partial charge is 0.237 e. The van der Waals surface area contributed by atoms with E-state index >= 15 is 0 Å². The van der Waals surface area contributed by atoms with Gasteiger partial charge in [-0.15, -0.1) is 12.4 Å². The molecule has 2 aliphatic heterocycles. The number of halogens is 1. The van der Waals surface area contributed by atoms with Gasteiger partial charge in [0.05, 0.1) is 6.04 Å². The predicted octanol–water partition coefficient (Wildman–Crippen LogP) is 3.36. The molecule has 2 heterocycles. The van der Waals surface area contributed by atoms with Gasteiger partial charge in [0.25, 0.3) is 0 Å². The molecular weight excluding hydrogens is 386 g/mol. The van der Waals surface area contributed by atoms with Crippen molar-refractivity contribution in [1.29, 1.82) is 0 Å². The van der Waals surface area contributed by atoms with Gasteiger partial charge in [-0.05, 0) is 67.8 Å². The van der Waals surface area contributed by atoms with E-state index in [0.29, 0.717) is 12.5 Å². The molecule has 0 spiro atoms. The van der Waals surface area contributed by atoms with Gasteiger partial charge >= 0.3 is 0 Å². The quantitative estimate of drug-likeness (QED) is 0.706. The molecule has 2 unspecified atom stereocenters. The van der Waals surface area contributed by atoms with Crippen LogP contribution in [-0.4, -0.2) is 56.2 Å². The number of hydrogen-bond acceptors (Lipinski definition) is 4. The van der Waals surface area contributed by atoms with Crippen molar-refractivity contribution in [3.05, 3.63) is 29.8 Å². The largest absolute Gasteiger partial charge is 0.492 e. The molecule has 2 aliphatic rings. The molecule has 2 fully saturated rings. The van der Waals surface area contributed by atoms with E-state index in [1.807, 2.05) is 6.07 Å². The van der Waals surface area contributed by atoms with Crippen LogP contribution in [0.2, 0.25) is 0 Å². The summed E-state index contributed by atoms with van der Waals surface area (Å²) in [5.74, 6) is 1.68. The Morgan fingerprint density at radius 3 is 2.83 bits per heavy atom. The van der Waals surface area contributed by atoms with Crippen LogP contribution in [0.5, 0.6) is 5.75 Å². The zero-order chi connectivity index (χ0) is 20.0. The fraction of sp³-hybridized carbons (Fsp3) is 0.696. The van der Waals surface area contributed by atoms with Crippen molar-refractivity contribution in [2.24, 2.45) is 5.92 Å². The van der Waals surface area contributed by atoms with E-state index in [1.165, 1.54) is 18.4 Å². The van der Waals surface area contributed by atoms with Gasteiger partial charge in [0.1, 0.15) is 12.4 Å². The number of benzene rings is 1. The molecule has 0 aromatic heterocycles. The lowest BCUT2D eigenvalue weighted by molar-refractivity contribution is -0.123. The number of ether oxygens (including phenoxy) is 1. The molecule has 5 nitrogen and oxygen atoms in total. The average molecular weight is 424 g/mol. The summed E-state index contributed by atoms with van der Waals surface area (Å²) in [7, 11) is 0. The number of nitrogens with one attached hydrogen (secondary N) is 2. The SMILES string of the molecule is CC(C)(C)c1cccc(OCCN2CCCC(CNC(=O)C3CCCN3)C2)c1.Cl. The van der Waals surface area contributed by atoms with Crippen molar-refractivity contribution >= 4 is 18.3 Å². The molecule has 0 aliphatic carbocycles. The molecule has 0 saturated carbocycles. The van der Waals surface area contributed by atoms with Crippen molar-refractivity contribution in [3.8, 4) is 5.75 Å². The average Bonchev–Trinajstić information content (AvgIpc) is 3.21. The van der Waals surface area contributed by atoms with Crippen LogP contribution in [0.4, 0.5) is 0 Å². The second-order valence-corrected chi connectivity index (χ2v) is 9.33. The lowest BCUT2D eigenvalue weighted by Crippen LogP contribution is -2.46. The highest BCUT2D eigenvalue weighted by Gasteiger charge is 2.24. The summed E-state index contributed by atoms with van der Waals surface area (Å²) in [6.45, 7) is 12.2. The highest BCUT2D eigenvalue weighted by Crippen LogP contribution is 2.25. The number of likely N-dealkylation sites (tertiary alicyclic amines) is 1. The number of nitrogens with zero attached hydrogens (tertiary/aromatic N) is 1. The minimum atomic E-state index is 0. The minimum Gasteiger partial charge on any atom is -0.492 e. The Labute approximate surface area is 182 Å². The molecule has 2 atom stereocenters. The van der Waals surface area contributed by atoms with E-state index in [-0.39, 0.29) is 29.8 Å². The highest BCUT2D eigenvalue weighted by atomic mass is 35.5. The van der Waals surface area contributed by atoms with Crippen molar-refractivity contribution in [1.82, 2.24) is 15.5 Å². The molecule has 29 heavy (non-hydrogen) atoms. The zero-order valence-electron chi connectivity index (χ0n) is 18.2. The normalized spacial score (nSPS) is 22.7. The van der Waals surface area contributed by atoms with Gasteiger partial charge in [-0.1, -0.05) is 32.9 Å². The third-order valence-corrected chi connectivity index (χ3v) is 5.92. The molecule has 3 rings (SSSR count). The third kappa shape index (κ3) is 7.47. The van der Waals surface area contributed by atoms with E-state index in [0.717, 1.165) is 51.3 Å². The molecule has 1 aromatic rings. The van der Waals surface area contributed by atoms with Gasteiger partial charge in [-0.25, -0.2) is 0 Å². The van der Waals surface area contributed by atoms with E-state index in [4.69, 9.17) is 4.74 Å². The zero-order valence-corrected chi connectivity index (χ0v) is 19.0. The first kappa shape index (κ1) is 24.0. The Balaban J connectivity index is 0.00000300. The molecule has 1 aromatic carbocycles. The summed E-state index contributed by atoms with van der Waals surface area (Å²) in [6.07, 6.45) is 4.47. The first-order valence-corrected chi connectivity index (χ1v) is 10.9. The van der Waals surface area contributed by atoms with Crippen molar-refractivity contribution in [3.63, 3.8) is 0 Å². The standard InChI is InChI=1S/C23H37N3O2.ClH/c1-23(2,3)19-8-4-9-20(15-19)28-14-13-26-12-6-7-18(17-26)16-25-22(27)21-10-5-11-24-21;/h4,8-9,15,18,21,24H,5-7,10-14,16-17H2,1-3H3,(H,25,27);1H. The number of piperidine rings is 1. The molecule has 164 valence electrons. The topological polar surface area (TPSA) is 53.6 Å². The van der Waals surface area contributed by atoms with E-state index in [1.54, 1.807) is 0 Å². The lowest BCUT2D eigenvalue weighted by atomic mass is 9.87. The maximum Gasteiger partial charge on any atom is 0.237 e. The Bertz CT molecular complexity index is 641. The van der Waals surface area contributed by atoms with Gasteiger partial charge in [-0.2, -0.15) is 0 Å². The second kappa shape index (κ2) is 11.2. The Hall–Kier alpha value is -1.30. The summed E-state index contributed by atoms with van der Waals surface area (Å²) < 4.78 is 6.03. The highest BCUT2D eigenvalue weighted by molar-refractivity contribution is 5.85. The number of carbonyl (C=O) groups excluding carboxylic acids is 1. The molecule has 1 amide bonds.